The molecule has 2 aromatic heterocycles. The van der Waals surface area contributed by atoms with Gasteiger partial charge in [0.2, 0.25) is 0 Å². The molecule has 0 saturated heterocycles. The summed E-state index contributed by atoms with van der Waals surface area (Å²) in [6.07, 6.45) is 4.26. The molecule has 7 heteroatoms. The zero-order valence-corrected chi connectivity index (χ0v) is 14.2. The molecule has 0 aliphatic heterocycles. The van der Waals surface area contributed by atoms with E-state index in [0.717, 1.165) is 29.2 Å². The first-order valence-electron chi connectivity index (χ1n) is 7.64. The van der Waals surface area contributed by atoms with E-state index >= 15 is 0 Å². The highest BCUT2D eigenvalue weighted by molar-refractivity contribution is 7.10. The SMILES string of the molecule is CCc1nc(CCNC(=O)NCc2csc(C3CC3)n2)cs1. The zero-order valence-electron chi connectivity index (χ0n) is 12.6. The van der Waals surface area contributed by atoms with Crippen molar-refractivity contribution in [2.75, 3.05) is 6.54 Å². The Bertz CT molecular complexity index is 633. The third-order valence-corrected chi connectivity index (χ3v) is 5.59. The normalized spacial score (nSPS) is 14.0. The van der Waals surface area contributed by atoms with Gasteiger partial charge in [-0.05, 0) is 19.3 Å². The van der Waals surface area contributed by atoms with Crippen LogP contribution in [-0.4, -0.2) is 22.5 Å². The Kier molecular flexibility index (Phi) is 5.04. The summed E-state index contributed by atoms with van der Waals surface area (Å²) in [5.74, 6) is 0.679. The van der Waals surface area contributed by atoms with Gasteiger partial charge in [-0.3, -0.25) is 0 Å². The number of aryl methyl sites for hydroxylation is 1. The Morgan fingerprint density at radius 2 is 2.05 bits per heavy atom. The highest BCUT2D eigenvalue weighted by Gasteiger charge is 2.26. The molecule has 3 rings (SSSR count). The quantitative estimate of drug-likeness (QED) is 0.816. The van der Waals surface area contributed by atoms with E-state index in [2.05, 4.69) is 32.9 Å². The molecule has 1 aliphatic carbocycles. The minimum Gasteiger partial charge on any atom is -0.338 e. The van der Waals surface area contributed by atoms with Crippen LogP contribution in [0.25, 0.3) is 0 Å². The fraction of sp³-hybridized carbons (Fsp3) is 0.533. The molecule has 0 radical (unpaired) electrons. The molecule has 1 aliphatic rings. The van der Waals surface area contributed by atoms with Crippen molar-refractivity contribution in [1.82, 2.24) is 20.6 Å². The van der Waals surface area contributed by atoms with Crippen LogP contribution in [0.4, 0.5) is 4.79 Å². The van der Waals surface area contributed by atoms with E-state index in [1.54, 1.807) is 22.7 Å². The van der Waals surface area contributed by atoms with E-state index < -0.39 is 0 Å². The van der Waals surface area contributed by atoms with Gasteiger partial charge in [-0.15, -0.1) is 22.7 Å². The maximum atomic E-state index is 11.8. The average Bonchev–Trinajstić information content (AvgIpc) is 3.09. The number of aromatic nitrogens is 2. The first-order valence-corrected chi connectivity index (χ1v) is 9.39. The van der Waals surface area contributed by atoms with Gasteiger partial charge in [-0.25, -0.2) is 14.8 Å². The van der Waals surface area contributed by atoms with Gasteiger partial charge in [0.1, 0.15) is 0 Å². The lowest BCUT2D eigenvalue weighted by Gasteiger charge is -2.05. The van der Waals surface area contributed by atoms with Gasteiger partial charge in [0.05, 0.1) is 27.9 Å². The lowest BCUT2D eigenvalue weighted by Crippen LogP contribution is -2.36. The van der Waals surface area contributed by atoms with Gasteiger partial charge < -0.3 is 10.6 Å². The lowest BCUT2D eigenvalue weighted by atomic mass is 10.3. The first-order chi connectivity index (χ1) is 10.7. The van der Waals surface area contributed by atoms with Crippen LogP contribution in [0.5, 0.6) is 0 Å². The monoisotopic (exact) mass is 336 g/mol. The molecule has 1 saturated carbocycles. The highest BCUT2D eigenvalue weighted by atomic mass is 32.1. The molecule has 1 fully saturated rings. The zero-order chi connectivity index (χ0) is 15.4. The van der Waals surface area contributed by atoms with E-state index in [0.29, 0.717) is 19.0 Å². The van der Waals surface area contributed by atoms with Crippen LogP contribution in [0, 0.1) is 0 Å². The van der Waals surface area contributed by atoms with E-state index in [1.165, 1.54) is 17.8 Å². The van der Waals surface area contributed by atoms with Crippen molar-refractivity contribution in [3.05, 3.63) is 32.2 Å². The van der Waals surface area contributed by atoms with Crippen molar-refractivity contribution in [3.63, 3.8) is 0 Å². The summed E-state index contributed by atoms with van der Waals surface area (Å²) >= 11 is 3.38. The van der Waals surface area contributed by atoms with Crippen LogP contribution in [0.1, 0.15) is 47.1 Å². The molecule has 2 aromatic rings. The van der Waals surface area contributed by atoms with Crippen LogP contribution in [0.15, 0.2) is 10.8 Å². The summed E-state index contributed by atoms with van der Waals surface area (Å²) in [4.78, 5) is 20.8. The van der Waals surface area contributed by atoms with E-state index in [9.17, 15) is 4.79 Å². The summed E-state index contributed by atoms with van der Waals surface area (Å²) in [6.45, 7) is 3.19. The van der Waals surface area contributed by atoms with Gasteiger partial charge in [0, 0.05) is 29.6 Å². The number of hydrogen-bond donors (Lipinski definition) is 2. The molecule has 22 heavy (non-hydrogen) atoms. The number of rotatable bonds is 7. The number of amides is 2. The van der Waals surface area contributed by atoms with E-state index in [4.69, 9.17) is 0 Å². The lowest BCUT2D eigenvalue weighted by molar-refractivity contribution is 0.240. The predicted octanol–water partition coefficient (Wildman–Crippen LogP) is 3.08. The maximum absolute atomic E-state index is 11.8. The molecule has 5 nitrogen and oxygen atoms in total. The summed E-state index contributed by atoms with van der Waals surface area (Å²) in [7, 11) is 0. The number of urea groups is 1. The Balaban J connectivity index is 1.35. The number of nitrogens with one attached hydrogen (secondary N) is 2. The van der Waals surface area contributed by atoms with Crippen molar-refractivity contribution in [1.29, 1.82) is 0 Å². The van der Waals surface area contributed by atoms with Gasteiger partial charge in [0.25, 0.3) is 0 Å². The number of carbonyl (C=O) groups excluding carboxylic acids is 1. The van der Waals surface area contributed by atoms with Crippen LogP contribution in [0.2, 0.25) is 0 Å². The molecular formula is C15H20N4OS2. The van der Waals surface area contributed by atoms with Gasteiger partial charge in [0.15, 0.2) is 0 Å². The van der Waals surface area contributed by atoms with Crippen molar-refractivity contribution in [3.8, 4) is 0 Å². The minimum absolute atomic E-state index is 0.146. The van der Waals surface area contributed by atoms with Crippen LogP contribution in [0.3, 0.4) is 0 Å². The number of carbonyl (C=O) groups is 1. The molecule has 2 N–H and O–H groups in total. The maximum Gasteiger partial charge on any atom is 0.315 e. The van der Waals surface area contributed by atoms with Crippen molar-refractivity contribution in [2.45, 2.75) is 45.1 Å². The predicted molar refractivity (Wildman–Crippen MR) is 89.5 cm³/mol. The van der Waals surface area contributed by atoms with Crippen LogP contribution < -0.4 is 10.6 Å². The van der Waals surface area contributed by atoms with Gasteiger partial charge >= 0.3 is 6.03 Å². The largest absolute Gasteiger partial charge is 0.338 e. The Morgan fingerprint density at radius 1 is 1.23 bits per heavy atom. The summed E-state index contributed by atoms with van der Waals surface area (Å²) in [5, 5.41) is 12.2. The Morgan fingerprint density at radius 3 is 2.77 bits per heavy atom. The topological polar surface area (TPSA) is 66.9 Å². The fourth-order valence-electron chi connectivity index (χ4n) is 2.09. The molecule has 2 heterocycles. The summed E-state index contributed by atoms with van der Waals surface area (Å²) in [6, 6.07) is -0.146. The van der Waals surface area contributed by atoms with E-state index in [-0.39, 0.29) is 6.03 Å². The molecular weight excluding hydrogens is 316 g/mol. The molecule has 118 valence electrons. The van der Waals surface area contributed by atoms with Crippen molar-refractivity contribution in [2.24, 2.45) is 0 Å². The van der Waals surface area contributed by atoms with Gasteiger partial charge in [-0.2, -0.15) is 0 Å². The smallest absolute Gasteiger partial charge is 0.315 e. The van der Waals surface area contributed by atoms with E-state index in [1.807, 2.05) is 5.38 Å². The third kappa shape index (κ3) is 4.27. The average molecular weight is 336 g/mol. The van der Waals surface area contributed by atoms with Crippen molar-refractivity contribution < 1.29 is 4.79 Å². The number of thiazole rings is 2. The standard InChI is InChI=1S/C15H20N4OS2/c1-2-13-18-11(8-21-13)5-6-16-15(20)17-7-12-9-22-14(19-12)10-3-4-10/h8-10H,2-7H2,1H3,(H2,16,17,20). The third-order valence-electron chi connectivity index (χ3n) is 3.49. The second-order valence-corrected chi connectivity index (χ2v) is 7.23. The highest BCUT2D eigenvalue weighted by Crippen LogP contribution is 2.41. The molecule has 0 aromatic carbocycles. The molecule has 0 atom stereocenters. The Hall–Kier alpha value is -1.47. The second kappa shape index (κ2) is 7.19. The number of hydrogen-bond acceptors (Lipinski definition) is 5. The first kappa shape index (κ1) is 15.4. The number of nitrogens with zero attached hydrogens (tertiary/aromatic N) is 2. The minimum atomic E-state index is -0.146. The van der Waals surface area contributed by atoms with Crippen LogP contribution >= 0.6 is 22.7 Å². The van der Waals surface area contributed by atoms with Crippen LogP contribution in [-0.2, 0) is 19.4 Å². The molecule has 0 unspecified atom stereocenters. The summed E-state index contributed by atoms with van der Waals surface area (Å²) in [5.41, 5.74) is 2.00. The second-order valence-electron chi connectivity index (χ2n) is 5.40. The molecule has 2 amide bonds. The van der Waals surface area contributed by atoms with Crippen molar-refractivity contribution >= 4 is 28.7 Å². The summed E-state index contributed by atoms with van der Waals surface area (Å²) < 4.78 is 0. The fourth-order valence-corrected chi connectivity index (χ4v) is 3.86. The van der Waals surface area contributed by atoms with Gasteiger partial charge in [-0.1, -0.05) is 6.92 Å². The molecule has 0 bridgehead atoms. The molecule has 0 spiro atoms. The Labute approximate surface area is 138 Å².